The van der Waals surface area contributed by atoms with E-state index in [1.807, 2.05) is 25.1 Å². The molecule has 0 fully saturated rings. The van der Waals surface area contributed by atoms with Crippen molar-refractivity contribution in [1.82, 2.24) is 4.90 Å². The van der Waals surface area contributed by atoms with Crippen LogP contribution in [0.3, 0.4) is 0 Å². The Hall–Kier alpha value is -0.730. The number of hydrogen-bond acceptors (Lipinski definition) is 3. The zero-order valence-corrected chi connectivity index (χ0v) is 14.7. The molecular formula is C14H19IN2O2S. The summed E-state index contributed by atoms with van der Waals surface area (Å²) >= 11 is 7.09. The summed E-state index contributed by atoms with van der Waals surface area (Å²) in [5.41, 5.74) is 7.33. The molecule has 1 aromatic carbocycles. The highest BCUT2D eigenvalue weighted by molar-refractivity contribution is 14.1. The Morgan fingerprint density at radius 1 is 1.45 bits per heavy atom. The Morgan fingerprint density at radius 3 is 2.75 bits per heavy atom. The van der Waals surface area contributed by atoms with Crippen LogP contribution in [0.4, 0.5) is 0 Å². The van der Waals surface area contributed by atoms with Gasteiger partial charge in [0.15, 0.2) is 0 Å². The highest BCUT2D eigenvalue weighted by Gasteiger charge is 2.18. The molecule has 0 heterocycles. The molecule has 4 nitrogen and oxygen atoms in total. The zero-order valence-electron chi connectivity index (χ0n) is 11.7. The van der Waals surface area contributed by atoms with Crippen molar-refractivity contribution >= 4 is 45.7 Å². The molecule has 110 valence electrons. The Morgan fingerprint density at radius 2 is 2.15 bits per heavy atom. The van der Waals surface area contributed by atoms with Crippen LogP contribution in [0.1, 0.15) is 22.3 Å². The fraction of sp³-hybridized carbons (Fsp3) is 0.429. The van der Waals surface area contributed by atoms with Gasteiger partial charge < -0.3 is 15.4 Å². The van der Waals surface area contributed by atoms with E-state index in [4.69, 9.17) is 22.7 Å². The lowest BCUT2D eigenvalue weighted by atomic mass is 10.1. The average Bonchev–Trinajstić information content (AvgIpc) is 2.41. The Kier molecular flexibility index (Phi) is 7.39. The quantitative estimate of drug-likeness (QED) is 0.558. The van der Waals surface area contributed by atoms with Gasteiger partial charge in [0.2, 0.25) is 0 Å². The molecule has 0 saturated carbocycles. The molecule has 1 rings (SSSR count). The number of nitrogens with zero attached hydrogens (tertiary/aromatic N) is 1. The number of hydrogen-bond donors (Lipinski definition) is 1. The fourth-order valence-electron chi connectivity index (χ4n) is 1.74. The molecule has 0 spiro atoms. The molecule has 2 N–H and O–H groups in total. The first-order valence-electron chi connectivity index (χ1n) is 6.29. The minimum atomic E-state index is -0.00796. The molecule has 6 heteroatoms. The number of aryl methyl sites for hydroxylation is 1. The van der Waals surface area contributed by atoms with E-state index >= 15 is 0 Å². The number of carbonyl (C=O) groups excluding carboxylic acids is 1. The predicted molar refractivity (Wildman–Crippen MR) is 93.1 cm³/mol. The van der Waals surface area contributed by atoms with Gasteiger partial charge in [-0.15, -0.1) is 0 Å². The summed E-state index contributed by atoms with van der Waals surface area (Å²) in [6, 6.07) is 5.73. The van der Waals surface area contributed by atoms with E-state index in [9.17, 15) is 4.79 Å². The third-order valence-corrected chi connectivity index (χ3v) is 4.54. The summed E-state index contributed by atoms with van der Waals surface area (Å²) in [7, 11) is 1.62. The van der Waals surface area contributed by atoms with Crippen LogP contribution < -0.4 is 5.73 Å². The zero-order chi connectivity index (χ0) is 15.1. The summed E-state index contributed by atoms with van der Waals surface area (Å²) in [4.78, 5) is 14.8. The van der Waals surface area contributed by atoms with E-state index < -0.39 is 0 Å². The minimum Gasteiger partial charge on any atom is -0.393 e. The summed E-state index contributed by atoms with van der Waals surface area (Å²) in [5, 5.41) is 0. The maximum Gasteiger partial charge on any atom is 0.255 e. The number of methoxy groups -OCH3 is 1. The van der Waals surface area contributed by atoms with Crippen LogP contribution >= 0.6 is 34.8 Å². The van der Waals surface area contributed by atoms with Gasteiger partial charge in [0, 0.05) is 30.2 Å². The van der Waals surface area contributed by atoms with Gasteiger partial charge in [0.25, 0.3) is 5.91 Å². The molecule has 0 unspecified atom stereocenters. The summed E-state index contributed by atoms with van der Waals surface area (Å²) in [6.45, 7) is 3.53. The third-order valence-electron chi connectivity index (χ3n) is 2.90. The lowest BCUT2D eigenvalue weighted by Crippen LogP contribution is -2.36. The van der Waals surface area contributed by atoms with Crippen LogP contribution in [0.15, 0.2) is 18.2 Å². The monoisotopic (exact) mass is 406 g/mol. The summed E-state index contributed by atoms with van der Waals surface area (Å²) in [6.07, 6.45) is 0.521. The first kappa shape index (κ1) is 17.3. The molecule has 0 radical (unpaired) electrons. The number of thiocarbonyl (C=S) groups is 1. The van der Waals surface area contributed by atoms with Gasteiger partial charge in [0.05, 0.1) is 17.2 Å². The molecule has 0 atom stereocenters. The number of halogens is 1. The van der Waals surface area contributed by atoms with Crippen LogP contribution in [0.5, 0.6) is 0 Å². The average molecular weight is 406 g/mol. The van der Waals surface area contributed by atoms with Crippen molar-refractivity contribution in [2.75, 3.05) is 26.8 Å². The Bertz CT molecular complexity index is 494. The maximum absolute atomic E-state index is 12.6. The normalized spacial score (nSPS) is 10.3. The van der Waals surface area contributed by atoms with Gasteiger partial charge in [-0.05, 0) is 41.1 Å². The van der Waals surface area contributed by atoms with Crippen molar-refractivity contribution in [3.8, 4) is 0 Å². The van der Waals surface area contributed by atoms with Crippen LogP contribution in [0, 0.1) is 10.5 Å². The largest absolute Gasteiger partial charge is 0.393 e. The molecule has 0 saturated heterocycles. The third kappa shape index (κ3) is 4.99. The Labute approximate surface area is 138 Å². The predicted octanol–water partition coefficient (Wildman–Crippen LogP) is 2.36. The van der Waals surface area contributed by atoms with E-state index in [1.165, 1.54) is 0 Å². The van der Waals surface area contributed by atoms with E-state index in [1.54, 1.807) is 12.0 Å². The van der Waals surface area contributed by atoms with Gasteiger partial charge in [-0.25, -0.2) is 0 Å². The Balaban J connectivity index is 2.90. The van der Waals surface area contributed by atoms with Gasteiger partial charge in [-0.3, -0.25) is 4.79 Å². The highest BCUT2D eigenvalue weighted by Crippen LogP contribution is 2.18. The maximum atomic E-state index is 12.6. The van der Waals surface area contributed by atoms with Crippen molar-refractivity contribution in [3.05, 3.63) is 32.9 Å². The first-order chi connectivity index (χ1) is 9.47. The second-order valence-electron chi connectivity index (χ2n) is 4.44. The molecule has 0 aliphatic rings. The molecule has 1 amide bonds. The van der Waals surface area contributed by atoms with Gasteiger partial charge in [-0.2, -0.15) is 0 Å². The van der Waals surface area contributed by atoms with Crippen molar-refractivity contribution < 1.29 is 9.53 Å². The summed E-state index contributed by atoms with van der Waals surface area (Å²) in [5.74, 6) is -0.00796. The van der Waals surface area contributed by atoms with Crippen molar-refractivity contribution in [2.45, 2.75) is 13.3 Å². The van der Waals surface area contributed by atoms with Crippen LogP contribution in [-0.4, -0.2) is 42.6 Å². The van der Waals surface area contributed by atoms with Crippen molar-refractivity contribution in [2.24, 2.45) is 5.73 Å². The van der Waals surface area contributed by atoms with E-state index in [0.717, 1.165) is 9.13 Å². The molecule has 0 aliphatic carbocycles. The number of ether oxygens (including phenoxy) is 1. The first-order valence-corrected chi connectivity index (χ1v) is 7.77. The number of amides is 1. The molecule has 0 aromatic heterocycles. The van der Waals surface area contributed by atoms with Crippen LogP contribution in [0.25, 0.3) is 0 Å². The van der Waals surface area contributed by atoms with E-state index in [0.29, 0.717) is 36.7 Å². The number of carbonyl (C=O) groups is 1. The topological polar surface area (TPSA) is 55.6 Å². The van der Waals surface area contributed by atoms with Gasteiger partial charge >= 0.3 is 0 Å². The second kappa shape index (κ2) is 8.53. The lowest BCUT2D eigenvalue weighted by molar-refractivity contribution is 0.0700. The number of rotatable bonds is 7. The molecule has 20 heavy (non-hydrogen) atoms. The van der Waals surface area contributed by atoms with Crippen molar-refractivity contribution in [3.63, 3.8) is 0 Å². The number of nitrogens with two attached hydrogens (primary N) is 1. The van der Waals surface area contributed by atoms with Crippen molar-refractivity contribution in [1.29, 1.82) is 0 Å². The molecule has 1 aromatic rings. The number of benzene rings is 1. The van der Waals surface area contributed by atoms with Crippen LogP contribution in [-0.2, 0) is 4.74 Å². The molecular weight excluding hydrogens is 387 g/mol. The lowest BCUT2D eigenvalue weighted by Gasteiger charge is -2.23. The van der Waals surface area contributed by atoms with Gasteiger partial charge in [-0.1, -0.05) is 24.4 Å². The molecule has 0 bridgehead atoms. The molecule has 0 aliphatic heterocycles. The van der Waals surface area contributed by atoms with Crippen LogP contribution in [0.2, 0.25) is 0 Å². The smallest absolute Gasteiger partial charge is 0.255 e. The van der Waals surface area contributed by atoms with Gasteiger partial charge in [0.1, 0.15) is 0 Å². The second-order valence-corrected chi connectivity index (χ2v) is 6.04. The SMILES string of the molecule is COCCN(CCC(N)=S)C(=O)c1cccc(C)c1I. The highest BCUT2D eigenvalue weighted by atomic mass is 127. The fourth-order valence-corrected chi connectivity index (χ4v) is 2.43. The standard InChI is InChI=1S/C14H19IN2O2S/c1-10-4-3-5-11(13(10)15)14(18)17(8-9-19-2)7-6-12(16)20/h3-5H,6-9H2,1-2H3,(H2,16,20). The van der Waals surface area contributed by atoms with E-state index in [2.05, 4.69) is 22.6 Å². The van der Waals surface area contributed by atoms with E-state index in [-0.39, 0.29) is 5.91 Å². The summed E-state index contributed by atoms with van der Waals surface area (Å²) < 4.78 is 6.04. The minimum absolute atomic E-state index is 0.00796.